The molecule has 0 radical (unpaired) electrons. The summed E-state index contributed by atoms with van der Waals surface area (Å²) in [6.07, 6.45) is 2.13. The molecule has 1 heterocycles. The van der Waals surface area contributed by atoms with E-state index >= 15 is 0 Å². The summed E-state index contributed by atoms with van der Waals surface area (Å²) in [7, 11) is 0. The van der Waals surface area contributed by atoms with Crippen molar-refractivity contribution in [2.75, 3.05) is 6.54 Å². The Kier molecular flexibility index (Phi) is 2.95. The van der Waals surface area contributed by atoms with E-state index in [1.165, 1.54) is 5.56 Å². The van der Waals surface area contributed by atoms with Crippen molar-refractivity contribution in [3.05, 3.63) is 35.9 Å². The zero-order valence-electron chi connectivity index (χ0n) is 11.3. The zero-order valence-corrected chi connectivity index (χ0v) is 11.3. The van der Waals surface area contributed by atoms with Crippen molar-refractivity contribution in [1.29, 1.82) is 0 Å². The standard InChI is InChI=1S/C16H23NO/c1-12(2)8-15-16(18)9-14(16)11-17(15)10-13-6-4-3-5-7-13/h3-7,12,14-15,18H,8-11H2,1-2H3/t14?,15-,16-/m0/s1. The van der Waals surface area contributed by atoms with E-state index in [1.54, 1.807) is 0 Å². The first kappa shape index (κ1) is 12.2. The van der Waals surface area contributed by atoms with E-state index in [9.17, 15) is 5.11 Å². The van der Waals surface area contributed by atoms with Crippen molar-refractivity contribution in [3.63, 3.8) is 0 Å². The highest BCUT2D eigenvalue weighted by Gasteiger charge is 2.64. The fourth-order valence-corrected chi connectivity index (χ4v) is 3.49. The first-order valence-electron chi connectivity index (χ1n) is 7.10. The number of hydrogen-bond acceptors (Lipinski definition) is 2. The van der Waals surface area contributed by atoms with Gasteiger partial charge in [-0.3, -0.25) is 4.90 Å². The van der Waals surface area contributed by atoms with Gasteiger partial charge in [0.1, 0.15) is 0 Å². The number of rotatable bonds is 4. The Morgan fingerprint density at radius 3 is 2.72 bits per heavy atom. The second-order valence-corrected chi connectivity index (χ2v) is 6.45. The Bertz CT molecular complexity index is 416. The molecule has 0 bridgehead atoms. The molecule has 0 amide bonds. The summed E-state index contributed by atoms with van der Waals surface area (Å²) < 4.78 is 0. The minimum absolute atomic E-state index is 0.362. The van der Waals surface area contributed by atoms with Gasteiger partial charge in [-0.25, -0.2) is 0 Å². The third kappa shape index (κ3) is 2.08. The molecule has 2 heteroatoms. The van der Waals surface area contributed by atoms with Gasteiger partial charge in [-0.2, -0.15) is 0 Å². The van der Waals surface area contributed by atoms with E-state index in [0.29, 0.717) is 17.9 Å². The summed E-state index contributed by atoms with van der Waals surface area (Å²) in [6.45, 7) is 6.55. The molecule has 1 aromatic rings. The van der Waals surface area contributed by atoms with Crippen LogP contribution in [0.3, 0.4) is 0 Å². The zero-order chi connectivity index (χ0) is 12.8. The second kappa shape index (κ2) is 4.36. The number of hydrogen-bond donors (Lipinski definition) is 1. The number of piperidine rings is 1. The Labute approximate surface area is 110 Å². The Morgan fingerprint density at radius 1 is 1.33 bits per heavy atom. The van der Waals surface area contributed by atoms with E-state index in [-0.39, 0.29) is 5.60 Å². The van der Waals surface area contributed by atoms with Crippen LogP contribution in [0.2, 0.25) is 0 Å². The van der Waals surface area contributed by atoms with E-state index in [4.69, 9.17) is 0 Å². The third-order valence-electron chi connectivity index (χ3n) is 4.52. The average Bonchev–Trinajstić information content (AvgIpc) is 2.91. The number of nitrogens with zero attached hydrogens (tertiary/aromatic N) is 1. The van der Waals surface area contributed by atoms with Crippen LogP contribution in [0.4, 0.5) is 0 Å². The SMILES string of the molecule is CC(C)C[C@@H]1N(Cc2ccccc2)CC2C[C@]21O. The largest absolute Gasteiger partial charge is 0.388 e. The predicted molar refractivity (Wildman–Crippen MR) is 73.2 cm³/mol. The Morgan fingerprint density at radius 2 is 2.06 bits per heavy atom. The molecule has 2 aliphatic rings. The first-order valence-corrected chi connectivity index (χ1v) is 7.10. The Balaban J connectivity index is 1.72. The molecule has 0 spiro atoms. The summed E-state index contributed by atoms with van der Waals surface area (Å²) in [5.41, 5.74) is 0.995. The molecule has 1 saturated heterocycles. The lowest BCUT2D eigenvalue weighted by Crippen LogP contribution is -2.40. The van der Waals surface area contributed by atoms with Gasteiger partial charge in [0.05, 0.1) is 5.60 Å². The first-order chi connectivity index (χ1) is 8.59. The van der Waals surface area contributed by atoms with Gasteiger partial charge < -0.3 is 5.11 Å². The van der Waals surface area contributed by atoms with Crippen LogP contribution in [0.15, 0.2) is 30.3 Å². The van der Waals surface area contributed by atoms with Gasteiger partial charge in [0.2, 0.25) is 0 Å². The highest BCUT2D eigenvalue weighted by molar-refractivity contribution is 5.21. The van der Waals surface area contributed by atoms with E-state index in [0.717, 1.165) is 25.9 Å². The summed E-state index contributed by atoms with van der Waals surface area (Å²) in [5, 5.41) is 10.6. The van der Waals surface area contributed by atoms with Crippen molar-refractivity contribution in [2.45, 2.75) is 44.9 Å². The molecule has 0 aromatic heterocycles. The third-order valence-corrected chi connectivity index (χ3v) is 4.52. The highest BCUT2D eigenvalue weighted by Crippen LogP contribution is 2.55. The average molecular weight is 245 g/mol. The maximum Gasteiger partial charge on any atom is 0.0847 e. The van der Waals surface area contributed by atoms with Crippen molar-refractivity contribution in [2.24, 2.45) is 11.8 Å². The maximum absolute atomic E-state index is 10.6. The number of fused-ring (bicyclic) bond motifs is 1. The van der Waals surface area contributed by atoms with Gasteiger partial charge in [-0.1, -0.05) is 44.2 Å². The molecule has 1 N–H and O–H groups in total. The van der Waals surface area contributed by atoms with Crippen LogP contribution in [-0.4, -0.2) is 28.2 Å². The molecular formula is C16H23NO. The van der Waals surface area contributed by atoms with Crippen molar-refractivity contribution < 1.29 is 5.11 Å². The maximum atomic E-state index is 10.6. The molecular weight excluding hydrogens is 222 g/mol. The summed E-state index contributed by atoms with van der Waals surface area (Å²) >= 11 is 0. The van der Waals surface area contributed by atoms with Gasteiger partial charge in [0, 0.05) is 25.0 Å². The van der Waals surface area contributed by atoms with Gasteiger partial charge in [0.25, 0.3) is 0 Å². The van der Waals surface area contributed by atoms with Gasteiger partial charge in [0.15, 0.2) is 0 Å². The van der Waals surface area contributed by atoms with Crippen molar-refractivity contribution in [1.82, 2.24) is 4.90 Å². The van der Waals surface area contributed by atoms with Crippen LogP contribution in [-0.2, 0) is 6.54 Å². The van der Waals surface area contributed by atoms with E-state index < -0.39 is 0 Å². The quantitative estimate of drug-likeness (QED) is 0.881. The fourth-order valence-electron chi connectivity index (χ4n) is 3.49. The molecule has 3 rings (SSSR count). The summed E-state index contributed by atoms with van der Waals surface area (Å²) in [4.78, 5) is 2.49. The topological polar surface area (TPSA) is 23.5 Å². The molecule has 2 nitrogen and oxygen atoms in total. The van der Waals surface area contributed by atoms with Gasteiger partial charge >= 0.3 is 0 Å². The van der Waals surface area contributed by atoms with Crippen LogP contribution >= 0.6 is 0 Å². The number of aliphatic hydroxyl groups is 1. The molecule has 1 aliphatic carbocycles. The lowest BCUT2D eigenvalue weighted by atomic mass is 9.97. The molecule has 3 atom stereocenters. The van der Waals surface area contributed by atoms with Gasteiger partial charge in [-0.05, 0) is 24.3 Å². The molecule has 1 aromatic carbocycles. The van der Waals surface area contributed by atoms with Crippen LogP contribution in [0.25, 0.3) is 0 Å². The molecule has 2 fully saturated rings. The lowest BCUT2D eigenvalue weighted by Gasteiger charge is -2.31. The van der Waals surface area contributed by atoms with E-state index in [2.05, 4.69) is 49.1 Å². The second-order valence-electron chi connectivity index (χ2n) is 6.45. The molecule has 18 heavy (non-hydrogen) atoms. The van der Waals surface area contributed by atoms with Crippen molar-refractivity contribution >= 4 is 0 Å². The van der Waals surface area contributed by atoms with E-state index in [1.807, 2.05) is 0 Å². The van der Waals surface area contributed by atoms with Gasteiger partial charge in [-0.15, -0.1) is 0 Å². The van der Waals surface area contributed by atoms with Crippen LogP contribution < -0.4 is 0 Å². The Hall–Kier alpha value is -0.860. The normalized spacial score (nSPS) is 34.9. The fraction of sp³-hybridized carbons (Fsp3) is 0.625. The summed E-state index contributed by atoms with van der Waals surface area (Å²) in [6, 6.07) is 11.0. The summed E-state index contributed by atoms with van der Waals surface area (Å²) in [5.74, 6) is 1.18. The predicted octanol–water partition coefficient (Wildman–Crippen LogP) is 2.67. The van der Waals surface area contributed by atoms with Crippen molar-refractivity contribution in [3.8, 4) is 0 Å². The van der Waals surface area contributed by atoms with Crippen LogP contribution in [0.1, 0.15) is 32.3 Å². The van der Waals surface area contributed by atoms with Crippen LogP contribution in [0.5, 0.6) is 0 Å². The number of benzene rings is 1. The molecule has 98 valence electrons. The molecule has 1 aliphatic heterocycles. The smallest absolute Gasteiger partial charge is 0.0847 e. The number of likely N-dealkylation sites (tertiary alicyclic amines) is 1. The van der Waals surface area contributed by atoms with Crippen LogP contribution in [0, 0.1) is 11.8 Å². The highest BCUT2D eigenvalue weighted by atomic mass is 16.3. The molecule has 1 unspecified atom stereocenters. The monoisotopic (exact) mass is 245 g/mol. The minimum Gasteiger partial charge on any atom is -0.388 e. The molecule has 1 saturated carbocycles. The lowest BCUT2D eigenvalue weighted by molar-refractivity contribution is 0.0528. The minimum atomic E-state index is -0.362.